The highest BCUT2D eigenvalue weighted by Crippen LogP contribution is 2.28. The Morgan fingerprint density at radius 1 is 1.15 bits per heavy atom. The zero-order valence-corrected chi connectivity index (χ0v) is 14.6. The number of hydrogen-bond acceptors (Lipinski definition) is 4. The van der Waals surface area contributed by atoms with Crippen molar-refractivity contribution in [1.29, 1.82) is 0 Å². The molecule has 134 valence electrons. The maximum Gasteiger partial charge on any atom is 0.221 e. The van der Waals surface area contributed by atoms with Crippen molar-refractivity contribution in [2.24, 2.45) is 0 Å². The van der Waals surface area contributed by atoms with Gasteiger partial charge in [0.15, 0.2) is 5.82 Å². The van der Waals surface area contributed by atoms with E-state index in [9.17, 15) is 4.79 Å². The molecule has 26 heavy (non-hydrogen) atoms. The van der Waals surface area contributed by atoms with Crippen LogP contribution < -0.4 is 5.32 Å². The second kappa shape index (κ2) is 7.56. The third kappa shape index (κ3) is 3.54. The quantitative estimate of drug-likeness (QED) is 0.742. The van der Waals surface area contributed by atoms with E-state index in [0.717, 1.165) is 48.8 Å². The van der Waals surface area contributed by atoms with E-state index in [0.29, 0.717) is 13.0 Å². The number of aryl methyl sites for hydroxylation is 1. The summed E-state index contributed by atoms with van der Waals surface area (Å²) in [5.74, 6) is 2.54. The number of carbonyl (C=O) groups is 1. The highest BCUT2D eigenvalue weighted by molar-refractivity contribution is 5.77. The molecule has 1 aliphatic heterocycles. The van der Waals surface area contributed by atoms with Gasteiger partial charge in [0.05, 0.1) is 18.7 Å². The third-order valence-electron chi connectivity index (χ3n) is 4.86. The molecule has 0 unspecified atom stereocenters. The van der Waals surface area contributed by atoms with Gasteiger partial charge in [-0.1, -0.05) is 30.3 Å². The molecule has 0 radical (unpaired) electrons. The number of furan rings is 1. The van der Waals surface area contributed by atoms with Gasteiger partial charge in [-0.25, -0.2) is 0 Å². The van der Waals surface area contributed by atoms with Crippen molar-refractivity contribution in [3.63, 3.8) is 0 Å². The fourth-order valence-electron chi connectivity index (χ4n) is 3.49. The van der Waals surface area contributed by atoms with E-state index in [-0.39, 0.29) is 11.8 Å². The van der Waals surface area contributed by atoms with Crippen molar-refractivity contribution in [1.82, 2.24) is 20.1 Å². The first-order valence-corrected chi connectivity index (χ1v) is 9.07. The predicted molar refractivity (Wildman–Crippen MR) is 96.4 cm³/mol. The summed E-state index contributed by atoms with van der Waals surface area (Å²) in [4.78, 5) is 12.6. The molecule has 3 aromatic rings. The standard InChI is InChI=1S/C20H22N4O2/c25-20(21-14-19-23-22-18-10-4-5-11-24(18)19)13-16(17-9-6-12-26-17)15-7-2-1-3-8-15/h1-3,6-9,12,16H,4-5,10-11,13-14H2,(H,21,25)/t16-/m1/s1. The summed E-state index contributed by atoms with van der Waals surface area (Å²) >= 11 is 0. The Labute approximate surface area is 152 Å². The van der Waals surface area contributed by atoms with Crippen molar-refractivity contribution < 1.29 is 9.21 Å². The molecule has 1 aliphatic rings. The number of fused-ring (bicyclic) bond motifs is 1. The molecule has 3 heterocycles. The molecular weight excluding hydrogens is 328 g/mol. The van der Waals surface area contributed by atoms with Crippen LogP contribution in [-0.4, -0.2) is 20.7 Å². The topological polar surface area (TPSA) is 73.0 Å². The van der Waals surface area contributed by atoms with Crippen LogP contribution in [-0.2, 0) is 24.3 Å². The number of carbonyl (C=O) groups excluding carboxylic acids is 1. The Morgan fingerprint density at radius 2 is 2.04 bits per heavy atom. The van der Waals surface area contributed by atoms with Crippen LogP contribution in [0.1, 0.15) is 48.2 Å². The SMILES string of the molecule is O=C(C[C@H](c1ccccc1)c1ccco1)NCc1nnc2n1CCCC2. The molecule has 0 saturated carbocycles. The normalized spacial score (nSPS) is 14.6. The van der Waals surface area contributed by atoms with E-state index in [1.807, 2.05) is 42.5 Å². The van der Waals surface area contributed by atoms with Crippen molar-refractivity contribution in [2.75, 3.05) is 0 Å². The summed E-state index contributed by atoms with van der Waals surface area (Å²) in [6.07, 6.45) is 5.24. The van der Waals surface area contributed by atoms with E-state index in [2.05, 4.69) is 20.1 Å². The average molecular weight is 350 g/mol. The van der Waals surface area contributed by atoms with Crippen molar-refractivity contribution in [3.05, 3.63) is 71.7 Å². The van der Waals surface area contributed by atoms with Crippen LogP contribution in [0.3, 0.4) is 0 Å². The van der Waals surface area contributed by atoms with E-state index in [1.165, 1.54) is 0 Å². The van der Waals surface area contributed by atoms with Crippen LogP contribution in [0.2, 0.25) is 0 Å². The molecule has 2 aromatic heterocycles. The molecule has 6 nitrogen and oxygen atoms in total. The van der Waals surface area contributed by atoms with Crippen LogP contribution in [0.15, 0.2) is 53.1 Å². The summed E-state index contributed by atoms with van der Waals surface area (Å²) in [6.45, 7) is 1.35. The predicted octanol–water partition coefficient (Wildman–Crippen LogP) is 3.05. The lowest BCUT2D eigenvalue weighted by Gasteiger charge is -2.16. The summed E-state index contributed by atoms with van der Waals surface area (Å²) in [5.41, 5.74) is 1.07. The highest BCUT2D eigenvalue weighted by atomic mass is 16.3. The van der Waals surface area contributed by atoms with Gasteiger partial charge in [0.2, 0.25) is 5.91 Å². The maximum absolute atomic E-state index is 12.6. The fraction of sp³-hybridized carbons (Fsp3) is 0.350. The van der Waals surface area contributed by atoms with Gasteiger partial charge in [-0.05, 0) is 30.5 Å². The van der Waals surface area contributed by atoms with Crippen molar-refractivity contribution in [3.8, 4) is 0 Å². The van der Waals surface area contributed by atoms with E-state index < -0.39 is 0 Å². The zero-order valence-electron chi connectivity index (χ0n) is 14.6. The molecule has 6 heteroatoms. The van der Waals surface area contributed by atoms with Crippen LogP contribution >= 0.6 is 0 Å². The van der Waals surface area contributed by atoms with Crippen LogP contribution in [0, 0.1) is 0 Å². The molecule has 1 aromatic carbocycles. The zero-order chi connectivity index (χ0) is 17.8. The number of hydrogen-bond donors (Lipinski definition) is 1. The molecule has 0 aliphatic carbocycles. The molecule has 0 spiro atoms. The smallest absolute Gasteiger partial charge is 0.221 e. The first-order chi connectivity index (χ1) is 12.8. The highest BCUT2D eigenvalue weighted by Gasteiger charge is 2.21. The second-order valence-corrected chi connectivity index (χ2v) is 6.60. The van der Waals surface area contributed by atoms with E-state index >= 15 is 0 Å². The van der Waals surface area contributed by atoms with Gasteiger partial charge in [0.25, 0.3) is 0 Å². The van der Waals surface area contributed by atoms with Crippen molar-refractivity contribution >= 4 is 5.91 Å². The minimum absolute atomic E-state index is 0.0246. The molecule has 0 saturated heterocycles. The van der Waals surface area contributed by atoms with Gasteiger partial charge in [-0.3, -0.25) is 4.79 Å². The summed E-state index contributed by atoms with van der Waals surface area (Å²) < 4.78 is 7.70. The number of nitrogens with one attached hydrogen (secondary N) is 1. The molecular formula is C20H22N4O2. The molecule has 1 amide bonds. The molecule has 4 rings (SSSR count). The Balaban J connectivity index is 1.43. The van der Waals surface area contributed by atoms with Crippen LogP contribution in [0.25, 0.3) is 0 Å². The summed E-state index contributed by atoms with van der Waals surface area (Å²) in [7, 11) is 0. The summed E-state index contributed by atoms with van der Waals surface area (Å²) in [5, 5.41) is 11.5. The van der Waals surface area contributed by atoms with Gasteiger partial charge >= 0.3 is 0 Å². The third-order valence-corrected chi connectivity index (χ3v) is 4.86. The molecule has 0 fully saturated rings. The minimum atomic E-state index is -0.0986. The summed E-state index contributed by atoms with van der Waals surface area (Å²) in [6, 6.07) is 13.7. The Morgan fingerprint density at radius 3 is 2.85 bits per heavy atom. The Kier molecular flexibility index (Phi) is 4.82. The fourth-order valence-corrected chi connectivity index (χ4v) is 3.49. The Bertz CT molecular complexity index is 855. The maximum atomic E-state index is 12.6. The first kappa shape index (κ1) is 16.6. The lowest BCUT2D eigenvalue weighted by Crippen LogP contribution is -2.27. The van der Waals surface area contributed by atoms with E-state index in [4.69, 9.17) is 4.42 Å². The van der Waals surface area contributed by atoms with Gasteiger partial charge in [-0.15, -0.1) is 10.2 Å². The van der Waals surface area contributed by atoms with Gasteiger partial charge in [-0.2, -0.15) is 0 Å². The lowest BCUT2D eigenvalue weighted by atomic mass is 9.93. The largest absolute Gasteiger partial charge is 0.469 e. The number of nitrogens with zero attached hydrogens (tertiary/aromatic N) is 3. The van der Waals surface area contributed by atoms with Crippen molar-refractivity contribution in [2.45, 2.75) is 44.7 Å². The number of benzene rings is 1. The Hall–Kier alpha value is -2.89. The van der Waals surface area contributed by atoms with Gasteiger partial charge in [0.1, 0.15) is 11.6 Å². The number of aromatic nitrogens is 3. The first-order valence-electron chi connectivity index (χ1n) is 9.07. The molecule has 1 N–H and O–H groups in total. The van der Waals surface area contributed by atoms with Crippen LogP contribution in [0.5, 0.6) is 0 Å². The minimum Gasteiger partial charge on any atom is -0.469 e. The number of amides is 1. The van der Waals surface area contributed by atoms with Gasteiger partial charge < -0.3 is 14.3 Å². The lowest BCUT2D eigenvalue weighted by molar-refractivity contribution is -0.121. The van der Waals surface area contributed by atoms with Gasteiger partial charge in [0, 0.05) is 19.4 Å². The molecule has 1 atom stereocenters. The monoisotopic (exact) mass is 350 g/mol. The van der Waals surface area contributed by atoms with Crippen LogP contribution in [0.4, 0.5) is 0 Å². The average Bonchev–Trinajstić information content (AvgIpc) is 3.35. The van der Waals surface area contributed by atoms with E-state index in [1.54, 1.807) is 6.26 Å². The molecule has 0 bridgehead atoms. The second-order valence-electron chi connectivity index (χ2n) is 6.60. The number of rotatable bonds is 6.